The van der Waals surface area contributed by atoms with Gasteiger partial charge in [-0.15, -0.1) is 0 Å². The molecule has 0 aromatic carbocycles. The zero-order valence-corrected chi connectivity index (χ0v) is 8.49. The van der Waals surface area contributed by atoms with Gasteiger partial charge < -0.3 is 9.84 Å². The van der Waals surface area contributed by atoms with E-state index in [1.54, 1.807) is 0 Å². The Morgan fingerprint density at radius 2 is 2.06 bits per heavy atom. The van der Waals surface area contributed by atoms with Gasteiger partial charge in [-0.1, -0.05) is 0 Å². The van der Waals surface area contributed by atoms with E-state index in [0.29, 0.717) is 6.07 Å². The molecule has 0 bridgehead atoms. The summed E-state index contributed by atoms with van der Waals surface area (Å²) in [4.78, 5) is 13.9. The summed E-state index contributed by atoms with van der Waals surface area (Å²) in [5, 5.41) is 8.78. The lowest BCUT2D eigenvalue weighted by molar-refractivity contribution is -0.141. The van der Waals surface area contributed by atoms with Crippen LogP contribution in [0.5, 0.6) is 5.75 Å². The van der Waals surface area contributed by atoms with Gasteiger partial charge in [-0.3, -0.25) is 0 Å². The van der Waals surface area contributed by atoms with E-state index in [4.69, 9.17) is 9.84 Å². The van der Waals surface area contributed by atoms with Crippen molar-refractivity contribution in [2.75, 3.05) is 0 Å². The number of alkyl halides is 3. The molecule has 92 valence electrons. The van der Waals surface area contributed by atoms with Gasteiger partial charge in [0, 0.05) is 0 Å². The Labute approximate surface area is 94.0 Å². The number of rotatable bonds is 3. The fourth-order valence-corrected chi connectivity index (χ4v) is 1.22. The maximum atomic E-state index is 12.3. The van der Waals surface area contributed by atoms with Gasteiger partial charge in [0.25, 0.3) is 0 Å². The van der Waals surface area contributed by atoms with Crippen LogP contribution in [0.3, 0.4) is 0 Å². The predicted octanol–water partition coefficient (Wildman–Crippen LogP) is 2.34. The van der Waals surface area contributed by atoms with Crippen molar-refractivity contribution < 1.29 is 27.8 Å². The first-order valence-corrected chi connectivity index (χ1v) is 4.86. The molecule has 1 fully saturated rings. The number of ether oxygens (including phenoxy) is 1. The van der Waals surface area contributed by atoms with Crippen LogP contribution >= 0.6 is 0 Å². The number of carboxylic acid groups (broad SMARTS) is 1. The van der Waals surface area contributed by atoms with Crippen LogP contribution in [-0.2, 0) is 6.18 Å². The van der Waals surface area contributed by atoms with Gasteiger partial charge in [-0.25, -0.2) is 9.78 Å². The summed E-state index contributed by atoms with van der Waals surface area (Å²) in [6.45, 7) is 0. The molecule has 7 heteroatoms. The second-order valence-electron chi connectivity index (χ2n) is 3.66. The molecule has 0 atom stereocenters. The molecule has 1 saturated carbocycles. The third-order valence-corrected chi connectivity index (χ3v) is 2.17. The number of pyridine rings is 1. The number of hydrogen-bond acceptors (Lipinski definition) is 3. The van der Waals surface area contributed by atoms with Crippen molar-refractivity contribution >= 4 is 5.97 Å². The zero-order chi connectivity index (χ0) is 12.6. The highest BCUT2D eigenvalue weighted by molar-refractivity contribution is 5.88. The van der Waals surface area contributed by atoms with E-state index in [1.165, 1.54) is 0 Å². The first-order chi connectivity index (χ1) is 7.88. The number of carboxylic acids is 1. The summed E-state index contributed by atoms with van der Waals surface area (Å²) < 4.78 is 42.2. The summed E-state index contributed by atoms with van der Waals surface area (Å²) in [7, 11) is 0. The van der Waals surface area contributed by atoms with Gasteiger partial charge >= 0.3 is 12.1 Å². The van der Waals surface area contributed by atoms with E-state index in [2.05, 4.69) is 4.98 Å². The van der Waals surface area contributed by atoms with Crippen LogP contribution < -0.4 is 4.74 Å². The summed E-state index contributed by atoms with van der Waals surface area (Å²) >= 11 is 0. The predicted molar refractivity (Wildman–Crippen MR) is 49.8 cm³/mol. The van der Waals surface area contributed by atoms with Crippen LogP contribution in [0, 0.1) is 0 Å². The van der Waals surface area contributed by atoms with Crippen molar-refractivity contribution in [2.45, 2.75) is 25.1 Å². The molecular formula is C10H8F3NO3. The Hall–Kier alpha value is -1.79. The van der Waals surface area contributed by atoms with Gasteiger partial charge in [-0.05, 0) is 25.0 Å². The van der Waals surface area contributed by atoms with Gasteiger partial charge in [-0.2, -0.15) is 13.2 Å². The van der Waals surface area contributed by atoms with Crippen LogP contribution in [0.2, 0.25) is 0 Å². The summed E-state index contributed by atoms with van der Waals surface area (Å²) in [5.74, 6) is -1.65. The van der Waals surface area contributed by atoms with Crippen LogP contribution in [-0.4, -0.2) is 22.2 Å². The third kappa shape index (κ3) is 2.66. The number of aromatic carboxylic acids is 1. The highest BCUT2D eigenvalue weighted by Gasteiger charge is 2.35. The smallest absolute Gasteiger partial charge is 0.433 e. The lowest BCUT2D eigenvalue weighted by Crippen LogP contribution is -2.13. The van der Waals surface area contributed by atoms with Crippen LogP contribution in [0.1, 0.15) is 29.0 Å². The van der Waals surface area contributed by atoms with Crippen molar-refractivity contribution in [1.29, 1.82) is 0 Å². The lowest BCUT2D eigenvalue weighted by atomic mass is 10.2. The Morgan fingerprint density at radius 3 is 2.53 bits per heavy atom. The first-order valence-electron chi connectivity index (χ1n) is 4.86. The first kappa shape index (κ1) is 11.7. The molecule has 1 aliphatic rings. The average Bonchev–Trinajstić information content (AvgIpc) is 3.00. The molecule has 1 aromatic rings. The lowest BCUT2D eigenvalue weighted by Gasteiger charge is -2.10. The molecule has 0 spiro atoms. The SMILES string of the molecule is O=C(O)c1nc(C(F)(F)F)ccc1OC1CC1. The maximum absolute atomic E-state index is 12.3. The van der Waals surface area contributed by atoms with Gasteiger partial charge in [0.2, 0.25) is 0 Å². The average molecular weight is 247 g/mol. The topological polar surface area (TPSA) is 59.4 Å². The number of hydrogen-bond donors (Lipinski definition) is 1. The van der Waals surface area contributed by atoms with E-state index >= 15 is 0 Å². The Kier molecular flexibility index (Phi) is 2.68. The maximum Gasteiger partial charge on any atom is 0.433 e. The van der Waals surface area contributed by atoms with Gasteiger partial charge in [0.15, 0.2) is 11.4 Å². The van der Waals surface area contributed by atoms with Crippen LogP contribution in [0.15, 0.2) is 12.1 Å². The molecule has 1 heterocycles. The molecule has 0 aliphatic heterocycles. The second-order valence-corrected chi connectivity index (χ2v) is 3.66. The van der Waals surface area contributed by atoms with Gasteiger partial charge in [0.1, 0.15) is 5.69 Å². The molecule has 0 unspecified atom stereocenters. The normalized spacial score (nSPS) is 15.7. The molecule has 2 rings (SSSR count). The van der Waals surface area contributed by atoms with E-state index in [-0.39, 0.29) is 11.9 Å². The summed E-state index contributed by atoms with van der Waals surface area (Å²) in [5.41, 5.74) is -1.94. The summed E-state index contributed by atoms with van der Waals surface area (Å²) in [6, 6.07) is 1.71. The molecular weight excluding hydrogens is 239 g/mol. The number of halogens is 3. The monoisotopic (exact) mass is 247 g/mol. The largest absolute Gasteiger partial charge is 0.488 e. The van der Waals surface area contributed by atoms with E-state index in [9.17, 15) is 18.0 Å². The molecule has 0 saturated heterocycles. The molecule has 0 radical (unpaired) electrons. The molecule has 4 nitrogen and oxygen atoms in total. The minimum absolute atomic E-state index is 0.105. The minimum atomic E-state index is -4.66. The number of nitrogens with zero attached hydrogens (tertiary/aromatic N) is 1. The van der Waals surface area contributed by atoms with Crippen molar-refractivity contribution in [2.24, 2.45) is 0 Å². The fraction of sp³-hybridized carbons (Fsp3) is 0.400. The van der Waals surface area contributed by atoms with Crippen molar-refractivity contribution in [1.82, 2.24) is 4.98 Å². The third-order valence-electron chi connectivity index (χ3n) is 2.17. The quantitative estimate of drug-likeness (QED) is 0.890. The van der Waals surface area contributed by atoms with E-state index < -0.39 is 23.5 Å². The van der Waals surface area contributed by atoms with Gasteiger partial charge in [0.05, 0.1) is 6.10 Å². The van der Waals surface area contributed by atoms with Crippen LogP contribution in [0.25, 0.3) is 0 Å². The highest BCUT2D eigenvalue weighted by Crippen LogP contribution is 2.32. The second kappa shape index (κ2) is 3.90. The molecule has 17 heavy (non-hydrogen) atoms. The zero-order valence-electron chi connectivity index (χ0n) is 8.49. The Bertz CT molecular complexity index is 455. The van der Waals surface area contributed by atoms with Crippen molar-refractivity contribution in [3.05, 3.63) is 23.5 Å². The van der Waals surface area contributed by atoms with E-state index in [1.807, 2.05) is 0 Å². The highest BCUT2D eigenvalue weighted by atomic mass is 19.4. The van der Waals surface area contributed by atoms with Crippen molar-refractivity contribution in [3.63, 3.8) is 0 Å². The molecule has 1 aromatic heterocycles. The Balaban J connectivity index is 2.36. The van der Waals surface area contributed by atoms with Crippen LogP contribution in [0.4, 0.5) is 13.2 Å². The Morgan fingerprint density at radius 1 is 1.41 bits per heavy atom. The molecule has 1 N–H and O–H groups in total. The number of carbonyl (C=O) groups is 1. The molecule has 1 aliphatic carbocycles. The van der Waals surface area contributed by atoms with Crippen molar-refractivity contribution in [3.8, 4) is 5.75 Å². The van der Waals surface area contributed by atoms with E-state index in [0.717, 1.165) is 18.9 Å². The fourth-order valence-electron chi connectivity index (χ4n) is 1.22. The number of aromatic nitrogens is 1. The standard InChI is InChI=1S/C10H8F3NO3/c11-10(12,13)7-4-3-6(17-5-1-2-5)8(14-7)9(15)16/h3-5H,1-2H2,(H,15,16). The summed E-state index contributed by atoms with van der Waals surface area (Å²) in [6.07, 6.45) is -3.21. The minimum Gasteiger partial charge on any atom is -0.488 e. The molecule has 0 amide bonds.